The number of esters is 1. The molecule has 0 spiro atoms. The fourth-order valence-electron chi connectivity index (χ4n) is 6.71. The predicted octanol–water partition coefficient (Wildman–Crippen LogP) is 5.37. The molecule has 6 nitrogen and oxygen atoms in total. The second kappa shape index (κ2) is 9.76. The van der Waals surface area contributed by atoms with Gasteiger partial charge in [0.2, 0.25) is 11.8 Å². The molecule has 7 heteroatoms. The zero-order valence-electron chi connectivity index (χ0n) is 21.7. The molecule has 1 heterocycles. The number of carbonyl (C=O) groups excluding carboxylic acids is 4. The highest BCUT2D eigenvalue weighted by Crippen LogP contribution is 2.61. The van der Waals surface area contributed by atoms with E-state index in [1.165, 1.54) is 0 Å². The Morgan fingerprint density at radius 3 is 1.69 bits per heavy atom. The summed E-state index contributed by atoms with van der Waals surface area (Å²) in [6.07, 6.45) is 0.250. The number of amides is 2. The number of carbonyl (C=O) groups is 4. The first-order valence-corrected chi connectivity index (χ1v) is 13.7. The van der Waals surface area contributed by atoms with Gasteiger partial charge in [-0.05, 0) is 58.9 Å². The summed E-state index contributed by atoms with van der Waals surface area (Å²) in [6, 6.07) is 21.2. The molecule has 198 valence electrons. The van der Waals surface area contributed by atoms with E-state index in [9.17, 15) is 19.2 Å². The minimum atomic E-state index is -1.10. The highest BCUT2D eigenvalue weighted by atomic mass is 35.5. The number of nitrogens with zero attached hydrogens (tertiary/aromatic N) is 1. The highest BCUT2D eigenvalue weighted by Gasteiger charge is 2.63. The molecule has 2 bridgehead atoms. The Hall–Kier alpha value is -3.77. The number of rotatable bonds is 7. The monoisotopic (exact) mass is 541 g/mol. The summed E-state index contributed by atoms with van der Waals surface area (Å²) in [4.78, 5) is 55.4. The van der Waals surface area contributed by atoms with Gasteiger partial charge in [-0.3, -0.25) is 19.3 Å². The second-order valence-electron chi connectivity index (χ2n) is 11.0. The Balaban J connectivity index is 1.31. The molecule has 2 amide bonds. The molecule has 0 N–H and O–H groups in total. The quantitative estimate of drug-likeness (QED) is 0.228. The average molecular weight is 542 g/mol. The van der Waals surface area contributed by atoms with E-state index in [2.05, 4.69) is 0 Å². The molecule has 3 aromatic carbocycles. The molecule has 1 aliphatic heterocycles. The molecular formula is C32H28ClNO5. The Labute approximate surface area is 231 Å². The van der Waals surface area contributed by atoms with Gasteiger partial charge in [-0.1, -0.05) is 74.0 Å². The van der Waals surface area contributed by atoms with Crippen LogP contribution in [0.4, 0.5) is 0 Å². The fraction of sp³-hybridized carbons (Fsp3) is 0.312. The van der Waals surface area contributed by atoms with Crippen molar-refractivity contribution in [3.05, 3.63) is 106 Å². The van der Waals surface area contributed by atoms with Crippen LogP contribution in [0.2, 0.25) is 5.02 Å². The lowest BCUT2D eigenvalue weighted by Gasteiger charge is -2.45. The van der Waals surface area contributed by atoms with Crippen LogP contribution in [0.15, 0.2) is 72.8 Å². The lowest BCUT2D eigenvalue weighted by atomic mass is 9.55. The fourth-order valence-corrected chi connectivity index (χ4v) is 6.84. The van der Waals surface area contributed by atoms with E-state index >= 15 is 0 Å². The molecule has 4 aliphatic rings. The van der Waals surface area contributed by atoms with Gasteiger partial charge in [0.1, 0.15) is 6.04 Å². The number of ether oxygens (including phenoxy) is 1. The first-order valence-electron chi connectivity index (χ1n) is 13.3. The van der Waals surface area contributed by atoms with Crippen molar-refractivity contribution in [3.63, 3.8) is 0 Å². The van der Waals surface area contributed by atoms with Crippen LogP contribution >= 0.6 is 11.6 Å². The number of halogens is 1. The van der Waals surface area contributed by atoms with Crippen molar-refractivity contribution in [2.75, 3.05) is 6.61 Å². The van der Waals surface area contributed by atoms with Crippen molar-refractivity contribution < 1.29 is 23.9 Å². The van der Waals surface area contributed by atoms with Gasteiger partial charge in [0.05, 0.1) is 11.8 Å². The van der Waals surface area contributed by atoms with Crippen LogP contribution in [0.1, 0.15) is 64.7 Å². The zero-order valence-corrected chi connectivity index (χ0v) is 22.4. The Kier molecular flexibility index (Phi) is 6.38. The molecule has 1 saturated heterocycles. The van der Waals surface area contributed by atoms with E-state index in [-0.39, 0.29) is 41.8 Å². The Bertz CT molecular complexity index is 1380. The van der Waals surface area contributed by atoms with Gasteiger partial charge in [-0.15, -0.1) is 0 Å². The number of likely N-dealkylation sites (tertiary alicyclic amines) is 1. The summed E-state index contributed by atoms with van der Waals surface area (Å²) in [6.45, 7) is 3.36. The second-order valence-corrected chi connectivity index (χ2v) is 11.4. The van der Waals surface area contributed by atoms with Gasteiger partial charge in [-0.2, -0.15) is 0 Å². The minimum Gasteiger partial charge on any atom is -0.456 e. The summed E-state index contributed by atoms with van der Waals surface area (Å²) in [7, 11) is 0. The van der Waals surface area contributed by atoms with Crippen LogP contribution in [-0.4, -0.2) is 41.1 Å². The lowest BCUT2D eigenvalue weighted by Crippen LogP contribution is -2.47. The van der Waals surface area contributed by atoms with Crippen molar-refractivity contribution in [3.8, 4) is 0 Å². The maximum atomic E-state index is 14.1. The molecule has 0 saturated carbocycles. The molecular weight excluding hydrogens is 514 g/mol. The summed E-state index contributed by atoms with van der Waals surface area (Å²) in [5.41, 5.74) is 4.65. The first kappa shape index (κ1) is 25.5. The van der Waals surface area contributed by atoms with Gasteiger partial charge in [0.25, 0.3) is 0 Å². The van der Waals surface area contributed by atoms with Crippen LogP contribution in [0.5, 0.6) is 0 Å². The third-order valence-electron chi connectivity index (χ3n) is 8.27. The maximum absolute atomic E-state index is 14.1. The Morgan fingerprint density at radius 2 is 1.26 bits per heavy atom. The standard InChI is InChI=1S/C32H28ClNO5/c1-17(2)15-24(32(38)39-16-25(35)18-11-13-19(33)14-12-18)34-30(36)28-26-20-7-3-4-8-21(20)27(29(28)31(34)37)23-10-6-5-9-22(23)26/h3-14,17,24,26-29H,15-16H2,1-2H3/t24-,26?,27?,28-,29+/m1/s1. The van der Waals surface area contributed by atoms with E-state index in [0.29, 0.717) is 10.6 Å². The summed E-state index contributed by atoms with van der Waals surface area (Å²) in [5.74, 6) is -3.47. The van der Waals surface area contributed by atoms with Crippen LogP contribution in [0, 0.1) is 17.8 Å². The Morgan fingerprint density at radius 1 is 0.795 bits per heavy atom. The van der Waals surface area contributed by atoms with Crippen molar-refractivity contribution >= 4 is 35.2 Å². The third kappa shape index (κ3) is 4.09. The largest absolute Gasteiger partial charge is 0.456 e. The lowest BCUT2D eigenvalue weighted by molar-refractivity contribution is -0.158. The molecule has 3 aromatic rings. The normalized spacial score (nSPS) is 23.3. The smallest absolute Gasteiger partial charge is 0.329 e. The maximum Gasteiger partial charge on any atom is 0.329 e. The van der Waals surface area contributed by atoms with Crippen LogP contribution in [0.3, 0.4) is 0 Å². The van der Waals surface area contributed by atoms with Crippen LogP contribution < -0.4 is 0 Å². The SMILES string of the molecule is CC(C)C[C@H](C(=O)OCC(=O)c1ccc(Cl)cc1)N1C(=O)[C@@H]2C3c4ccccc4C(c4ccccc43)[C@@H]2C1=O. The van der Waals surface area contributed by atoms with Crippen molar-refractivity contribution in [1.29, 1.82) is 0 Å². The van der Waals surface area contributed by atoms with Crippen molar-refractivity contribution in [2.45, 2.75) is 38.1 Å². The number of Topliss-reactive ketones (excluding diaryl/α,β-unsaturated/α-hetero) is 1. The van der Waals surface area contributed by atoms with Crippen molar-refractivity contribution in [1.82, 2.24) is 4.90 Å². The van der Waals surface area contributed by atoms with E-state index < -0.39 is 30.5 Å². The van der Waals surface area contributed by atoms with Gasteiger partial charge < -0.3 is 4.74 Å². The molecule has 3 aliphatic carbocycles. The molecule has 0 unspecified atom stereocenters. The van der Waals surface area contributed by atoms with E-state index in [4.69, 9.17) is 16.3 Å². The summed E-state index contributed by atoms with van der Waals surface area (Å²) in [5, 5.41) is 0.492. The predicted molar refractivity (Wildman–Crippen MR) is 145 cm³/mol. The summed E-state index contributed by atoms with van der Waals surface area (Å²) < 4.78 is 5.44. The molecule has 0 radical (unpaired) electrons. The topological polar surface area (TPSA) is 80.8 Å². The number of benzene rings is 3. The summed E-state index contributed by atoms with van der Waals surface area (Å²) >= 11 is 5.90. The first-order chi connectivity index (χ1) is 18.8. The van der Waals surface area contributed by atoms with Gasteiger partial charge in [0, 0.05) is 22.4 Å². The highest BCUT2D eigenvalue weighted by molar-refractivity contribution is 6.30. The minimum absolute atomic E-state index is 0.00358. The number of ketones is 1. The number of hydrogen-bond donors (Lipinski definition) is 0. The van der Waals surface area contributed by atoms with E-state index in [1.54, 1.807) is 24.3 Å². The van der Waals surface area contributed by atoms with Gasteiger partial charge in [0.15, 0.2) is 12.4 Å². The molecule has 1 fully saturated rings. The van der Waals surface area contributed by atoms with Crippen LogP contribution in [-0.2, 0) is 19.1 Å². The zero-order chi connectivity index (χ0) is 27.4. The van der Waals surface area contributed by atoms with Gasteiger partial charge in [-0.25, -0.2) is 4.79 Å². The van der Waals surface area contributed by atoms with Crippen LogP contribution in [0.25, 0.3) is 0 Å². The molecule has 39 heavy (non-hydrogen) atoms. The third-order valence-corrected chi connectivity index (χ3v) is 8.52. The molecule has 7 rings (SSSR count). The van der Waals surface area contributed by atoms with Crippen molar-refractivity contribution in [2.24, 2.45) is 17.8 Å². The number of imide groups is 1. The van der Waals surface area contributed by atoms with Gasteiger partial charge >= 0.3 is 5.97 Å². The molecule has 3 atom stereocenters. The average Bonchev–Trinajstić information content (AvgIpc) is 3.20. The number of hydrogen-bond acceptors (Lipinski definition) is 5. The van der Waals surface area contributed by atoms with E-state index in [0.717, 1.165) is 27.2 Å². The van der Waals surface area contributed by atoms with E-state index in [1.807, 2.05) is 62.4 Å². The molecule has 0 aromatic heterocycles.